The van der Waals surface area contributed by atoms with E-state index in [-0.39, 0.29) is 10.6 Å². The Kier molecular flexibility index (Phi) is 7.19. The van der Waals surface area contributed by atoms with Crippen LogP contribution in [0.3, 0.4) is 0 Å². The summed E-state index contributed by atoms with van der Waals surface area (Å²) in [5.74, 6) is 0. The first-order chi connectivity index (χ1) is 16.6. The topological polar surface area (TPSA) is 46.4 Å². The Morgan fingerprint density at radius 1 is 0.676 bits per heavy atom. The number of benzene rings is 4. The van der Waals surface area contributed by atoms with Crippen molar-refractivity contribution in [2.45, 2.75) is 26.7 Å². The molecule has 0 heterocycles. The van der Waals surface area contributed by atoms with Crippen LogP contribution in [0.1, 0.15) is 36.1 Å². The molecule has 170 valence electrons. The number of rotatable bonds is 8. The van der Waals surface area contributed by atoms with Gasteiger partial charge in [0.25, 0.3) is 5.69 Å². The Bertz CT molecular complexity index is 1240. The van der Waals surface area contributed by atoms with E-state index in [1.165, 1.54) is 34.6 Å². The molecule has 0 atom stereocenters. The van der Waals surface area contributed by atoms with Crippen molar-refractivity contribution in [1.29, 1.82) is 0 Å². The molecule has 4 aromatic carbocycles. The third-order valence-electron chi connectivity index (χ3n) is 5.95. The number of hydrogen-bond donors (Lipinski definition) is 0. The Hall–Kier alpha value is -4.18. The molecule has 0 radical (unpaired) electrons. The molecule has 4 heteroatoms. The fraction of sp³-hybridized carbons (Fsp3) is 0.133. The van der Waals surface area contributed by atoms with Crippen LogP contribution in [0.5, 0.6) is 0 Å². The van der Waals surface area contributed by atoms with Crippen molar-refractivity contribution < 1.29 is 4.92 Å². The van der Waals surface area contributed by atoms with Gasteiger partial charge in [-0.1, -0.05) is 74.5 Å². The molecule has 4 nitrogen and oxygen atoms in total. The van der Waals surface area contributed by atoms with Gasteiger partial charge < -0.3 is 4.90 Å². The summed E-state index contributed by atoms with van der Waals surface area (Å²) in [7, 11) is 0. The second kappa shape index (κ2) is 10.6. The zero-order valence-electron chi connectivity index (χ0n) is 19.5. The summed E-state index contributed by atoms with van der Waals surface area (Å²) in [4.78, 5) is 12.8. The predicted octanol–water partition coefficient (Wildman–Crippen LogP) is 8.36. The predicted molar refractivity (Wildman–Crippen MR) is 142 cm³/mol. The summed E-state index contributed by atoms with van der Waals surface area (Å²) in [5, 5.41) is 10.8. The highest BCUT2D eigenvalue weighted by atomic mass is 16.6. The van der Waals surface area contributed by atoms with Gasteiger partial charge in [0.15, 0.2) is 0 Å². The molecular formula is C30H28N2O2. The monoisotopic (exact) mass is 448 g/mol. The van der Waals surface area contributed by atoms with Gasteiger partial charge in [0, 0.05) is 29.2 Å². The van der Waals surface area contributed by atoms with Gasteiger partial charge in [-0.05, 0) is 71.5 Å². The zero-order valence-corrected chi connectivity index (χ0v) is 19.5. The highest BCUT2D eigenvalue weighted by molar-refractivity contribution is 5.81. The molecule has 0 aromatic heterocycles. The largest absolute Gasteiger partial charge is 0.310 e. The average Bonchev–Trinajstić information content (AvgIpc) is 2.89. The average molecular weight is 449 g/mol. The van der Waals surface area contributed by atoms with E-state index in [9.17, 15) is 10.1 Å². The quantitative estimate of drug-likeness (QED) is 0.154. The van der Waals surface area contributed by atoms with Crippen molar-refractivity contribution in [3.05, 3.63) is 129 Å². The third-order valence-corrected chi connectivity index (χ3v) is 5.95. The first-order valence-electron chi connectivity index (χ1n) is 11.6. The molecule has 0 aliphatic heterocycles. The Labute approximate surface area is 201 Å². The van der Waals surface area contributed by atoms with E-state index in [1.54, 1.807) is 12.1 Å². The van der Waals surface area contributed by atoms with Crippen LogP contribution in [0.25, 0.3) is 12.2 Å². The minimum Gasteiger partial charge on any atom is -0.310 e. The highest BCUT2D eigenvalue weighted by Crippen LogP contribution is 2.38. The molecule has 34 heavy (non-hydrogen) atoms. The van der Waals surface area contributed by atoms with Crippen molar-refractivity contribution in [3.63, 3.8) is 0 Å². The summed E-state index contributed by atoms with van der Waals surface area (Å²) in [5.41, 5.74) is 8.18. The third kappa shape index (κ3) is 5.07. The molecule has 0 unspecified atom stereocenters. The van der Waals surface area contributed by atoms with Crippen LogP contribution in [0.4, 0.5) is 22.7 Å². The molecule has 0 amide bonds. The van der Waals surface area contributed by atoms with E-state index in [1.807, 2.05) is 12.2 Å². The number of para-hydroxylation sites is 2. The maximum Gasteiger partial charge on any atom is 0.269 e. The van der Waals surface area contributed by atoms with Crippen molar-refractivity contribution in [1.82, 2.24) is 0 Å². The fourth-order valence-electron chi connectivity index (χ4n) is 4.10. The number of aryl methyl sites for hydroxylation is 2. The lowest BCUT2D eigenvalue weighted by atomic mass is 10.0. The lowest BCUT2D eigenvalue weighted by molar-refractivity contribution is -0.384. The molecule has 4 aromatic rings. The normalized spacial score (nSPS) is 11.0. The number of nitrogens with zero attached hydrogens (tertiary/aromatic N) is 2. The maximum absolute atomic E-state index is 10.8. The van der Waals surface area contributed by atoms with Crippen LogP contribution < -0.4 is 4.90 Å². The first-order valence-corrected chi connectivity index (χ1v) is 11.6. The lowest BCUT2D eigenvalue weighted by Gasteiger charge is -2.29. The summed E-state index contributed by atoms with van der Waals surface area (Å²) >= 11 is 0. The zero-order chi connectivity index (χ0) is 23.9. The van der Waals surface area contributed by atoms with Crippen LogP contribution in [-0.2, 0) is 12.8 Å². The van der Waals surface area contributed by atoms with Crippen molar-refractivity contribution >= 4 is 34.9 Å². The van der Waals surface area contributed by atoms with Gasteiger partial charge in [-0.3, -0.25) is 10.1 Å². The van der Waals surface area contributed by atoms with Crippen LogP contribution in [-0.4, -0.2) is 4.92 Å². The Balaban J connectivity index is 1.68. The SMILES string of the molecule is CCc1ccccc1N(c1ccc(/C=C/c2ccc([N+](=O)[O-])cc2)cc1)c1ccccc1CC. The molecule has 0 saturated heterocycles. The first kappa shape index (κ1) is 23.0. The van der Waals surface area contributed by atoms with E-state index in [4.69, 9.17) is 0 Å². The van der Waals surface area contributed by atoms with Crippen LogP contribution in [0.15, 0.2) is 97.1 Å². The molecule has 0 aliphatic carbocycles. The number of hydrogen-bond acceptors (Lipinski definition) is 3. The van der Waals surface area contributed by atoms with Gasteiger partial charge in [0.2, 0.25) is 0 Å². The van der Waals surface area contributed by atoms with Gasteiger partial charge >= 0.3 is 0 Å². The summed E-state index contributed by atoms with van der Waals surface area (Å²) < 4.78 is 0. The molecule has 0 bridgehead atoms. The fourth-order valence-corrected chi connectivity index (χ4v) is 4.10. The molecule has 4 rings (SSSR count). The van der Waals surface area contributed by atoms with Crippen molar-refractivity contribution in [2.75, 3.05) is 4.90 Å². The number of nitro benzene ring substituents is 1. The second-order valence-corrected chi connectivity index (χ2v) is 8.07. The van der Waals surface area contributed by atoms with Gasteiger partial charge in [-0.25, -0.2) is 0 Å². The highest BCUT2D eigenvalue weighted by Gasteiger charge is 2.17. The van der Waals surface area contributed by atoms with Crippen molar-refractivity contribution in [3.8, 4) is 0 Å². The van der Waals surface area contributed by atoms with Gasteiger partial charge in [-0.2, -0.15) is 0 Å². The molecular weight excluding hydrogens is 420 g/mol. The van der Waals surface area contributed by atoms with E-state index >= 15 is 0 Å². The van der Waals surface area contributed by atoms with Crippen molar-refractivity contribution in [2.24, 2.45) is 0 Å². The van der Waals surface area contributed by atoms with E-state index in [0.717, 1.165) is 29.7 Å². The van der Waals surface area contributed by atoms with Gasteiger partial charge in [0.05, 0.1) is 4.92 Å². The second-order valence-electron chi connectivity index (χ2n) is 8.07. The smallest absolute Gasteiger partial charge is 0.269 e. The van der Waals surface area contributed by atoms with Gasteiger partial charge in [0.1, 0.15) is 0 Å². The van der Waals surface area contributed by atoms with Gasteiger partial charge in [-0.15, -0.1) is 0 Å². The van der Waals surface area contributed by atoms with E-state index in [2.05, 4.69) is 91.5 Å². The minimum atomic E-state index is -0.384. The number of anilines is 3. The Morgan fingerprint density at radius 2 is 1.12 bits per heavy atom. The standard InChI is InChI=1S/C30H28N2O2/c1-3-25-9-5-7-11-29(25)31(30-12-8-6-10-26(30)4-2)27-19-15-23(16-20-27)13-14-24-17-21-28(22-18-24)32(33)34/h5-22H,3-4H2,1-2H3/b14-13+. The number of nitro groups is 1. The molecule has 0 aliphatic rings. The minimum absolute atomic E-state index is 0.0984. The molecule has 0 fully saturated rings. The maximum atomic E-state index is 10.8. The van der Waals surface area contributed by atoms with Crippen LogP contribution >= 0.6 is 0 Å². The molecule has 0 saturated carbocycles. The molecule has 0 spiro atoms. The van der Waals surface area contributed by atoms with E-state index in [0.29, 0.717) is 0 Å². The van der Waals surface area contributed by atoms with Crippen LogP contribution in [0.2, 0.25) is 0 Å². The summed E-state index contributed by atoms with van der Waals surface area (Å²) in [6.45, 7) is 4.38. The lowest BCUT2D eigenvalue weighted by Crippen LogP contribution is -2.13. The number of non-ortho nitro benzene ring substituents is 1. The summed E-state index contributed by atoms with van der Waals surface area (Å²) in [6, 6.07) is 32.2. The Morgan fingerprint density at radius 3 is 1.56 bits per heavy atom. The molecule has 0 N–H and O–H groups in total. The summed E-state index contributed by atoms with van der Waals surface area (Å²) in [6.07, 6.45) is 5.90. The van der Waals surface area contributed by atoms with Crippen LogP contribution in [0, 0.1) is 10.1 Å². The van der Waals surface area contributed by atoms with E-state index < -0.39 is 0 Å².